The van der Waals surface area contributed by atoms with Crippen LogP contribution in [0.15, 0.2) is 12.2 Å². The molecule has 2 N–H and O–H groups in total. The molecule has 4 heteroatoms. The molecule has 0 heterocycles. The van der Waals surface area contributed by atoms with Gasteiger partial charge in [-0.25, -0.2) is 0 Å². The summed E-state index contributed by atoms with van der Waals surface area (Å²) in [6.07, 6.45) is 4.28. The summed E-state index contributed by atoms with van der Waals surface area (Å²) in [6.45, 7) is 5.22. The van der Waals surface area contributed by atoms with E-state index in [1.165, 1.54) is 12.2 Å². The summed E-state index contributed by atoms with van der Waals surface area (Å²) in [7, 11) is 0. The summed E-state index contributed by atoms with van der Waals surface area (Å²) in [6, 6.07) is 0. The fourth-order valence-electron chi connectivity index (χ4n) is 0.766. The van der Waals surface area contributed by atoms with E-state index in [1.807, 2.05) is 13.8 Å². The average Bonchev–Trinajstić information content (AvgIpc) is 2.20. The molecule has 0 fully saturated rings. The zero-order valence-corrected chi connectivity index (χ0v) is 8.80. The summed E-state index contributed by atoms with van der Waals surface area (Å²) in [5, 5.41) is 5.28. The van der Waals surface area contributed by atoms with E-state index < -0.39 is 0 Å². The number of hydrogen-bond acceptors (Lipinski definition) is 2. The smallest absolute Gasteiger partial charge is 0.244 e. The molecule has 0 aromatic heterocycles. The van der Waals surface area contributed by atoms with E-state index in [0.717, 1.165) is 12.8 Å². The van der Waals surface area contributed by atoms with Crippen molar-refractivity contribution in [3.8, 4) is 0 Å². The lowest BCUT2D eigenvalue weighted by Crippen LogP contribution is -2.24. The van der Waals surface area contributed by atoms with Gasteiger partial charge in [-0.15, -0.1) is 0 Å². The van der Waals surface area contributed by atoms with Crippen molar-refractivity contribution >= 4 is 11.8 Å². The molecule has 0 rings (SSSR count). The third kappa shape index (κ3) is 7.34. The van der Waals surface area contributed by atoms with Crippen molar-refractivity contribution in [3.05, 3.63) is 12.2 Å². The van der Waals surface area contributed by atoms with Crippen LogP contribution in [0.1, 0.15) is 26.7 Å². The Kier molecular flexibility index (Phi) is 7.50. The molecule has 14 heavy (non-hydrogen) atoms. The topological polar surface area (TPSA) is 58.2 Å². The van der Waals surface area contributed by atoms with E-state index >= 15 is 0 Å². The summed E-state index contributed by atoms with van der Waals surface area (Å²) >= 11 is 0. The highest BCUT2D eigenvalue weighted by Gasteiger charge is 1.95. The lowest BCUT2D eigenvalue weighted by Gasteiger charge is -1.98. The average molecular weight is 198 g/mol. The summed E-state index contributed by atoms with van der Waals surface area (Å²) in [5.74, 6) is -0.447. The second-order valence-electron chi connectivity index (χ2n) is 2.92. The molecule has 0 saturated heterocycles. The zero-order valence-electron chi connectivity index (χ0n) is 8.80. The third-order valence-corrected chi connectivity index (χ3v) is 1.48. The molecule has 2 amide bonds. The third-order valence-electron chi connectivity index (χ3n) is 1.48. The van der Waals surface area contributed by atoms with Crippen LogP contribution in [0.5, 0.6) is 0 Å². The lowest BCUT2D eigenvalue weighted by molar-refractivity contribution is -0.118. The Balaban J connectivity index is 3.68. The van der Waals surface area contributed by atoms with Crippen LogP contribution < -0.4 is 10.6 Å². The highest BCUT2D eigenvalue weighted by Crippen LogP contribution is 1.78. The van der Waals surface area contributed by atoms with Crippen molar-refractivity contribution in [1.82, 2.24) is 10.6 Å². The van der Waals surface area contributed by atoms with Gasteiger partial charge in [-0.05, 0) is 12.8 Å². The molecule has 0 aromatic rings. The lowest BCUT2D eigenvalue weighted by atomic mass is 10.4. The van der Waals surface area contributed by atoms with E-state index in [-0.39, 0.29) is 11.8 Å². The Morgan fingerprint density at radius 1 is 0.929 bits per heavy atom. The maximum Gasteiger partial charge on any atom is 0.244 e. The summed E-state index contributed by atoms with van der Waals surface area (Å²) < 4.78 is 0. The molecule has 0 unspecified atom stereocenters. The molecule has 0 aliphatic carbocycles. The molecule has 0 radical (unpaired) electrons. The maximum atomic E-state index is 11.0. The van der Waals surface area contributed by atoms with E-state index in [0.29, 0.717) is 13.1 Å². The summed E-state index contributed by atoms with van der Waals surface area (Å²) in [5.41, 5.74) is 0. The van der Waals surface area contributed by atoms with Crippen LogP contribution in [-0.4, -0.2) is 24.9 Å². The predicted molar refractivity (Wildman–Crippen MR) is 55.7 cm³/mol. The minimum Gasteiger partial charge on any atom is -0.353 e. The second kappa shape index (κ2) is 8.29. The number of amides is 2. The number of nitrogens with one attached hydrogen (secondary N) is 2. The molecule has 80 valence electrons. The van der Waals surface area contributed by atoms with Crippen molar-refractivity contribution in [2.45, 2.75) is 26.7 Å². The van der Waals surface area contributed by atoms with Gasteiger partial charge >= 0.3 is 0 Å². The van der Waals surface area contributed by atoms with Crippen LogP contribution in [0.3, 0.4) is 0 Å². The Morgan fingerprint density at radius 3 is 1.57 bits per heavy atom. The van der Waals surface area contributed by atoms with Gasteiger partial charge in [0.15, 0.2) is 0 Å². The zero-order chi connectivity index (χ0) is 10.8. The van der Waals surface area contributed by atoms with Crippen molar-refractivity contribution < 1.29 is 9.59 Å². The van der Waals surface area contributed by atoms with Gasteiger partial charge in [-0.1, -0.05) is 13.8 Å². The van der Waals surface area contributed by atoms with Crippen molar-refractivity contribution in [2.75, 3.05) is 13.1 Å². The van der Waals surface area contributed by atoms with Gasteiger partial charge in [0.1, 0.15) is 0 Å². The van der Waals surface area contributed by atoms with Gasteiger partial charge in [0, 0.05) is 25.2 Å². The number of rotatable bonds is 6. The van der Waals surface area contributed by atoms with E-state index in [2.05, 4.69) is 10.6 Å². The molecule has 0 saturated carbocycles. The molecule has 0 atom stereocenters. The van der Waals surface area contributed by atoms with Crippen molar-refractivity contribution in [3.63, 3.8) is 0 Å². The first-order valence-electron chi connectivity index (χ1n) is 4.94. The minimum absolute atomic E-state index is 0.224. The highest BCUT2D eigenvalue weighted by molar-refractivity contribution is 5.96. The monoisotopic (exact) mass is 198 g/mol. The fraction of sp³-hybridized carbons (Fsp3) is 0.600. The number of carbonyl (C=O) groups excluding carboxylic acids is 2. The normalized spacial score (nSPS) is 10.1. The fourth-order valence-corrected chi connectivity index (χ4v) is 0.766. The van der Waals surface area contributed by atoms with Crippen LogP contribution in [-0.2, 0) is 9.59 Å². The Morgan fingerprint density at radius 2 is 1.29 bits per heavy atom. The van der Waals surface area contributed by atoms with Gasteiger partial charge in [0.2, 0.25) is 11.8 Å². The molecule has 0 aliphatic rings. The molecule has 0 spiro atoms. The van der Waals surface area contributed by atoms with Crippen LogP contribution >= 0.6 is 0 Å². The van der Waals surface area contributed by atoms with E-state index in [4.69, 9.17) is 0 Å². The molecular formula is C10H18N2O2. The van der Waals surface area contributed by atoms with Gasteiger partial charge < -0.3 is 10.6 Å². The Labute approximate surface area is 84.8 Å². The molecule has 4 nitrogen and oxygen atoms in total. The van der Waals surface area contributed by atoms with Gasteiger partial charge in [0.25, 0.3) is 0 Å². The van der Waals surface area contributed by atoms with E-state index in [9.17, 15) is 9.59 Å². The summed E-state index contributed by atoms with van der Waals surface area (Å²) in [4.78, 5) is 22.0. The standard InChI is InChI=1S/C10H18N2O2/c1-3-7-11-9(13)5-6-10(14)12-8-4-2/h5-6H,3-4,7-8H2,1-2H3,(H,11,13)(H,12,14). The second-order valence-corrected chi connectivity index (χ2v) is 2.92. The first kappa shape index (κ1) is 12.7. The maximum absolute atomic E-state index is 11.0. The number of hydrogen-bond donors (Lipinski definition) is 2. The minimum atomic E-state index is -0.224. The van der Waals surface area contributed by atoms with Crippen LogP contribution in [0.2, 0.25) is 0 Å². The largest absolute Gasteiger partial charge is 0.353 e. The van der Waals surface area contributed by atoms with Crippen LogP contribution in [0.25, 0.3) is 0 Å². The van der Waals surface area contributed by atoms with Crippen LogP contribution in [0, 0.1) is 0 Å². The quantitative estimate of drug-likeness (QED) is 0.614. The SMILES string of the molecule is CCCNC(=O)C=CC(=O)NCCC. The van der Waals surface area contributed by atoms with Gasteiger partial charge in [-0.2, -0.15) is 0 Å². The highest BCUT2D eigenvalue weighted by atomic mass is 16.2. The van der Waals surface area contributed by atoms with Crippen LogP contribution in [0.4, 0.5) is 0 Å². The van der Waals surface area contributed by atoms with Gasteiger partial charge in [-0.3, -0.25) is 9.59 Å². The van der Waals surface area contributed by atoms with Crippen molar-refractivity contribution in [1.29, 1.82) is 0 Å². The first-order chi connectivity index (χ1) is 6.70. The molecular weight excluding hydrogens is 180 g/mol. The Bertz CT molecular complexity index is 190. The molecule has 0 aromatic carbocycles. The molecule has 0 bridgehead atoms. The first-order valence-corrected chi connectivity index (χ1v) is 4.94. The Hall–Kier alpha value is -1.32. The predicted octanol–water partition coefficient (Wildman–Crippen LogP) is 0.595. The molecule has 0 aliphatic heterocycles. The van der Waals surface area contributed by atoms with Gasteiger partial charge in [0.05, 0.1) is 0 Å². The number of carbonyl (C=O) groups is 2. The van der Waals surface area contributed by atoms with E-state index in [1.54, 1.807) is 0 Å². The van der Waals surface area contributed by atoms with Crippen molar-refractivity contribution in [2.24, 2.45) is 0 Å².